The number of ether oxygens (including phenoxy) is 1. The zero-order valence-electron chi connectivity index (χ0n) is 13.5. The van der Waals surface area contributed by atoms with E-state index in [-0.39, 0.29) is 5.91 Å². The maximum absolute atomic E-state index is 12.5. The maximum Gasteiger partial charge on any atom is 0.252 e. The summed E-state index contributed by atoms with van der Waals surface area (Å²) in [6.45, 7) is 4.79. The van der Waals surface area contributed by atoms with E-state index in [1.165, 1.54) is 0 Å². The van der Waals surface area contributed by atoms with Gasteiger partial charge >= 0.3 is 0 Å². The Bertz CT molecular complexity index is 685. The smallest absolute Gasteiger partial charge is 0.252 e. The van der Waals surface area contributed by atoms with Crippen molar-refractivity contribution in [2.75, 3.05) is 39.4 Å². The number of hydrogen-bond donors (Lipinski definition) is 1. The third-order valence-electron chi connectivity index (χ3n) is 4.14. The van der Waals surface area contributed by atoms with Gasteiger partial charge in [-0.1, -0.05) is 48.0 Å². The Morgan fingerprint density at radius 2 is 1.83 bits per heavy atom. The maximum atomic E-state index is 12.5. The predicted molar refractivity (Wildman–Crippen MR) is 96.5 cm³/mol. The summed E-state index contributed by atoms with van der Waals surface area (Å²) in [5, 5.41) is 3.43. The lowest BCUT2D eigenvalue weighted by molar-refractivity contribution is 0.0383. The average Bonchev–Trinajstić information content (AvgIpc) is 2.63. The Kier molecular flexibility index (Phi) is 5.86. The monoisotopic (exact) mass is 344 g/mol. The van der Waals surface area contributed by atoms with Crippen LogP contribution in [0.15, 0.2) is 48.5 Å². The minimum atomic E-state index is -0.133. The summed E-state index contributed by atoms with van der Waals surface area (Å²) < 4.78 is 5.32. The number of amides is 1. The molecule has 0 atom stereocenters. The summed E-state index contributed by atoms with van der Waals surface area (Å²) >= 11 is 6.22. The first kappa shape index (κ1) is 17.0. The van der Waals surface area contributed by atoms with Gasteiger partial charge in [0.2, 0.25) is 0 Å². The number of nitrogens with one attached hydrogen (secondary N) is 1. The summed E-state index contributed by atoms with van der Waals surface area (Å²) in [5.41, 5.74) is 2.56. The zero-order chi connectivity index (χ0) is 16.8. The SMILES string of the molecule is O=C(NCCN1CCOCC1)c1cc(-c2ccccc2)ccc1Cl. The van der Waals surface area contributed by atoms with Crippen LogP contribution >= 0.6 is 11.6 Å². The van der Waals surface area contributed by atoms with Gasteiger partial charge in [0, 0.05) is 26.2 Å². The quantitative estimate of drug-likeness (QED) is 0.906. The van der Waals surface area contributed by atoms with E-state index in [9.17, 15) is 4.79 Å². The van der Waals surface area contributed by atoms with Crippen molar-refractivity contribution in [1.29, 1.82) is 0 Å². The second-order valence-corrected chi connectivity index (χ2v) is 6.18. The van der Waals surface area contributed by atoms with Crippen LogP contribution in [0.4, 0.5) is 0 Å². The molecule has 0 aromatic heterocycles. The van der Waals surface area contributed by atoms with Crippen LogP contribution in [-0.4, -0.2) is 50.2 Å². The van der Waals surface area contributed by atoms with E-state index in [0.717, 1.165) is 44.0 Å². The third kappa shape index (κ3) is 4.35. The van der Waals surface area contributed by atoms with Gasteiger partial charge in [-0.05, 0) is 23.3 Å². The highest BCUT2D eigenvalue weighted by molar-refractivity contribution is 6.34. The summed E-state index contributed by atoms with van der Waals surface area (Å²) in [4.78, 5) is 14.7. The molecule has 1 fully saturated rings. The first-order valence-electron chi connectivity index (χ1n) is 8.17. The van der Waals surface area contributed by atoms with Crippen LogP contribution < -0.4 is 5.32 Å². The molecule has 1 N–H and O–H groups in total. The van der Waals surface area contributed by atoms with Gasteiger partial charge in [-0.3, -0.25) is 9.69 Å². The van der Waals surface area contributed by atoms with E-state index in [2.05, 4.69) is 10.2 Å². The topological polar surface area (TPSA) is 41.6 Å². The van der Waals surface area contributed by atoms with Crippen LogP contribution in [0.3, 0.4) is 0 Å². The molecule has 1 aliphatic rings. The molecule has 126 valence electrons. The van der Waals surface area contributed by atoms with Crippen LogP contribution in [0.5, 0.6) is 0 Å². The van der Waals surface area contributed by atoms with Gasteiger partial charge in [0.25, 0.3) is 5.91 Å². The first-order chi connectivity index (χ1) is 11.7. The third-order valence-corrected chi connectivity index (χ3v) is 4.46. The van der Waals surface area contributed by atoms with E-state index in [1.807, 2.05) is 42.5 Å². The van der Waals surface area contributed by atoms with Crippen LogP contribution in [0.2, 0.25) is 5.02 Å². The molecule has 24 heavy (non-hydrogen) atoms. The van der Waals surface area contributed by atoms with Gasteiger partial charge in [-0.15, -0.1) is 0 Å². The Morgan fingerprint density at radius 1 is 1.08 bits per heavy atom. The Hall–Kier alpha value is -1.88. The highest BCUT2D eigenvalue weighted by Crippen LogP contribution is 2.25. The molecule has 0 aliphatic carbocycles. The van der Waals surface area contributed by atoms with Crippen LogP contribution in [-0.2, 0) is 4.74 Å². The minimum absolute atomic E-state index is 0.133. The van der Waals surface area contributed by atoms with E-state index < -0.39 is 0 Å². The molecule has 1 saturated heterocycles. The highest BCUT2D eigenvalue weighted by Gasteiger charge is 2.13. The van der Waals surface area contributed by atoms with Crippen molar-refractivity contribution in [3.05, 3.63) is 59.1 Å². The molecular weight excluding hydrogens is 324 g/mol. The fraction of sp³-hybridized carbons (Fsp3) is 0.316. The van der Waals surface area contributed by atoms with Crippen molar-refractivity contribution < 1.29 is 9.53 Å². The molecule has 0 bridgehead atoms. The summed E-state index contributed by atoms with van der Waals surface area (Å²) in [6.07, 6.45) is 0. The molecule has 0 spiro atoms. The van der Waals surface area contributed by atoms with Crippen LogP contribution in [0.25, 0.3) is 11.1 Å². The van der Waals surface area contributed by atoms with Gasteiger partial charge < -0.3 is 10.1 Å². The lowest BCUT2D eigenvalue weighted by Crippen LogP contribution is -2.41. The number of nitrogens with zero attached hydrogens (tertiary/aromatic N) is 1. The van der Waals surface area contributed by atoms with E-state index in [1.54, 1.807) is 6.07 Å². The number of rotatable bonds is 5. The van der Waals surface area contributed by atoms with E-state index in [4.69, 9.17) is 16.3 Å². The second kappa shape index (κ2) is 8.29. The van der Waals surface area contributed by atoms with Gasteiger partial charge in [0.15, 0.2) is 0 Å². The molecule has 3 rings (SSSR count). The molecule has 1 amide bonds. The van der Waals surface area contributed by atoms with Gasteiger partial charge in [-0.2, -0.15) is 0 Å². The molecule has 2 aromatic carbocycles. The molecule has 0 saturated carbocycles. The van der Waals surface area contributed by atoms with Crippen LogP contribution in [0.1, 0.15) is 10.4 Å². The number of benzene rings is 2. The van der Waals surface area contributed by atoms with Crippen molar-refractivity contribution in [3.63, 3.8) is 0 Å². The molecular formula is C19H21ClN2O2. The number of morpholine rings is 1. The van der Waals surface area contributed by atoms with Gasteiger partial charge in [0.1, 0.15) is 0 Å². The Morgan fingerprint density at radius 3 is 2.58 bits per heavy atom. The fourth-order valence-corrected chi connectivity index (χ4v) is 2.96. The van der Waals surface area contributed by atoms with E-state index in [0.29, 0.717) is 17.1 Å². The molecule has 2 aromatic rings. The molecule has 4 nitrogen and oxygen atoms in total. The second-order valence-electron chi connectivity index (χ2n) is 5.77. The molecule has 1 heterocycles. The highest BCUT2D eigenvalue weighted by atomic mass is 35.5. The molecule has 5 heteroatoms. The van der Waals surface area contributed by atoms with Gasteiger partial charge in [0.05, 0.1) is 23.8 Å². The predicted octanol–water partition coefficient (Wildman–Crippen LogP) is 3.07. The first-order valence-corrected chi connectivity index (χ1v) is 8.55. The average molecular weight is 345 g/mol. The number of carbonyl (C=O) groups is 1. The summed E-state index contributed by atoms with van der Waals surface area (Å²) in [7, 11) is 0. The zero-order valence-corrected chi connectivity index (χ0v) is 14.3. The number of hydrogen-bond acceptors (Lipinski definition) is 3. The van der Waals surface area contributed by atoms with Crippen molar-refractivity contribution in [3.8, 4) is 11.1 Å². The lowest BCUT2D eigenvalue weighted by Gasteiger charge is -2.26. The van der Waals surface area contributed by atoms with Gasteiger partial charge in [-0.25, -0.2) is 0 Å². The van der Waals surface area contributed by atoms with E-state index >= 15 is 0 Å². The number of halogens is 1. The Labute approximate surface area is 147 Å². The number of carbonyl (C=O) groups excluding carboxylic acids is 1. The fourth-order valence-electron chi connectivity index (χ4n) is 2.76. The minimum Gasteiger partial charge on any atom is -0.379 e. The van der Waals surface area contributed by atoms with Crippen molar-refractivity contribution in [1.82, 2.24) is 10.2 Å². The summed E-state index contributed by atoms with van der Waals surface area (Å²) in [6, 6.07) is 15.5. The molecule has 1 aliphatic heterocycles. The normalized spacial score (nSPS) is 15.2. The lowest BCUT2D eigenvalue weighted by atomic mass is 10.0. The van der Waals surface area contributed by atoms with Crippen molar-refractivity contribution in [2.45, 2.75) is 0 Å². The largest absolute Gasteiger partial charge is 0.379 e. The molecule has 0 unspecified atom stereocenters. The molecule has 0 radical (unpaired) electrons. The van der Waals surface area contributed by atoms with Crippen LogP contribution in [0, 0.1) is 0 Å². The Balaban J connectivity index is 1.63. The standard InChI is InChI=1S/C19H21ClN2O2/c20-18-7-6-16(15-4-2-1-3-5-15)14-17(18)19(23)21-8-9-22-10-12-24-13-11-22/h1-7,14H,8-13H2,(H,21,23). The summed E-state index contributed by atoms with van der Waals surface area (Å²) in [5.74, 6) is -0.133. The van der Waals surface area contributed by atoms with Crippen molar-refractivity contribution in [2.24, 2.45) is 0 Å². The van der Waals surface area contributed by atoms with Crippen molar-refractivity contribution >= 4 is 17.5 Å².